The van der Waals surface area contributed by atoms with Gasteiger partial charge in [-0.1, -0.05) is 6.92 Å². The normalized spacial score (nSPS) is 12.3. The highest BCUT2D eigenvalue weighted by Crippen LogP contribution is 2.38. The van der Waals surface area contributed by atoms with E-state index in [1.807, 2.05) is 37.3 Å². The minimum Gasteiger partial charge on any atom is -0.493 e. The summed E-state index contributed by atoms with van der Waals surface area (Å²) in [5.74, 6) is 1.36. The van der Waals surface area contributed by atoms with Gasteiger partial charge in [-0.25, -0.2) is 0 Å². The number of aliphatic carboxylic acids is 1. The molecule has 9 nitrogen and oxygen atoms in total. The third-order valence-corrected chi connectivity index (χ3v) is 7.61. The quantitative estimate of drug-likeness (QED) is 0.206. The molecule has 208 valence electrons. The Kier molecular flexibility index (Phi) is 9.29. The molecule has 1 aromatic heterocycles. The Morgan fingerprint density at radius 2 is 1.46 bits per heavy atom. The van der Waals surface area contributed by atoms with Crippen LogP contribution in [0, 0.1) is 0 Å². The van der Waals surface area contributed by atoms with E-state index < -0.39 is 5.97 Å². The smallest absolute Gasteiger partial charge is 0.303 e. The van der Waals surface area contributed by atoms with E-state index in [2.05, 4.69) is 0 Å². The first-order chi connectivity index (χ1) is 18.8. The lowest BCUT2D eigenvalue weighted by Gasteiger charge is -2.14. The van der Waals surface area contributed by atoms with E-state index in [9.17, 15) is 14.4 Å². The van der Waals surface area contributed by atoms with Gasteiger partial charge in [0.2, 0.25) is 5.91 Å². The molecule has 0 radical (unpaired) electrons. The van der Waals surface area contributed by atoms with Crippen LogP contribution in [0.4, 0.5) is 0 Å². The summed E-state index contributed by atoms with van der Waals surface area (Å²) < 4.78 is 24.0. The second kappa shape index (κ2) is 12.8. The summed E-state index contributed by atoms with van der Waals surface area (Å²) in [5.41, 5.74) is 1.91. The number of ketones is 1. The number of rotatable bonds is 14. The summed E-state index contributed by atoms with van der Waals surface area (Å²) >= 11 is 1.47. The van der Waals surface area contributed by atoms with Gasteiger partial charge in [-0.15, -0.1) is 11.3 Å². The van der Waals surface area contributed by atoms with Crippen LogP contribution in [0.1, 0.15) is 59.8 Å². The van der Waals surface area contributed by atoms with Crippen LogP contribution in [0.5, 0.6) is 23.0 Å². The third-order valence-electron chi connectivity index (χ3n) is 6.47. The van der Waals surface area contributed by atoms with Crippen LogP contribution in [0.15, 0.2) is 30.3 Å². The zero-order valence-electron chi connectivity index (χ0n) is 22.4. The highest BCUT2D eigenvalue weighted by Gasteiger charge is 2.26. The second-order valence-electron chi connectivity index (χ2n) is 9.29. The molecule has 1 amide bonds. The number of carbonyl (C=O) groups is 3. The fraction of sp³-hybridized carbons (Fsp3) is 0.414. The molecule has 10 heteroatoms. The fourth-order valence-corrected chi connectivity index (χ4v) is 5.50. The first-order valence-electron chi connectivity index (χ1n) is 12.9. The van der Waals surface area contributed by atoms with Crippen LogP contribution in [0.2, 0.25) is 0 Å². The topological polar surface area (TPSA) is 112 Å². The van der Waals surface area contributed by atoms with Gasteiger partial charge in [-0.05, 0) is 47.2 Å². The van der Waals surface area contributed by atoms with Gasteiger partial charge in [0, 0.05) is 43.1 Å². The van der Waals surface area contributed by atoms with Crippen LogP contribution in [0.25, 0.3) is 10.1 Å². The lowest BCUT2D eigenvalue weighted by molar-refractivity contribution is -0.141. The second-order valence-corrected chi connectivity index (χ2v) is 10.4. The Morgan fingerprint density at radius 3 is 2.08 bits per heavy atom. The van der Waals surface area contributed by atoms with Crippen LogP contribution < -0.4 is 18.9 Å². The number of carboxylic acids is 1. The summed E-state index contributed by atoms with van der Waals surface area (Å²) in [7, 11) is 3.16. The maximum Gasteiger partial charge on any atom is 0.303 e. The Hall–Kier alpha value is -3.79. The van der Waals surface area contributed by atoms with Crippen molar-refractivity contribution in [2.45, 2.75) is 52.1 Å². The standard InChI is InChI=1S/C29H33NO8S/c1-4-6-21(31)27-14-18-11-24(23(36-3)15-26(18)39-27)37-9-5-10-38-25-13-20-17-30(28(32)7-8-29(33)34)16-19(20)12-22(25)35-2/h11-15H,4-10,16-17H2,1-3H3,(H,33,34). The Balaban J connectivity index is 1.33. The number of fused-ring (bicyclic) bond motifs is 2. The van der Waals surface area contributed by atoms with E-state index in [0.717, 1.165) is 32.5 Å². The molecule has 0 fully saturated rings. The number of hydrogen-bond donors (Lipinski definition) is 1. The van der Waals surface area contributed by atoms with E-state index in [1.165, 1.54) is 11.3 Å². The molecule has 1 aliphatic rings. The summed E-state index contributed by atoms with van der Waals surface area (Å²) in [6, 6.07) is 9.46. The molecule has 2 aromatic carbocycles. The number of Topliss-reactive ketones (excluding diaryl/α,β-unsaturated/α-hetero) is 1. The van der Waals surface area contributed by atoms with E-state index >= 15 is 0 Å². The first-order valence-corrected chi connectivity index (χ1v) is 13.7. The number of hydrogen-bond acceptors (Lipinski definition) is 8. The number of benzene rings is 2. The zero-order valence-corrected chi connectivity index (χ0v) is 23.2. The number of amides is 1. The minimum atomic E-state index is -0.986. The number of thiophene rings is 1. The summed E-state index contributed by atoms with van der Waals surface area (Å²) in [6.07, 6.45) is 1.75. The van der Waals surface area contributed by atoms with Crippen molar-refractivity contribution < 1.29 is 38.4 Å². The van der Waals surface area contributed by atoms with Crippen molar-refractivity contribution in [3.8, 4) is 23.0 Å². The van der Waals surface area contributed by atoms with Crippen LogP contribution in [-0.2, 0) is 22.7 Å². The number of carbonyl (C=O) groups excluding carboxylic acids is 2. The molecule has 1 aliphatic heterocycles. The average molecular weight is 556 g/mol. The molecule has 2 heterocycles. The largest absolute Gasteiger partial charge is 0.493 e. The van der Waals surface area contributed by atoms with E-state index in [1.54, 1.807) is 19.1 Å². The SMILES string of the molecule is CCCC(=O)c1cc2cc(OCCCOc3cc4c(cc3OC)CN(C(=O)CCC(=O)O)C4)c(OC)cc2s1. The first kappa shape index (κ1) is 28.2. The maximum atomic E-state index is 12.4. The van der Waals surface area contributed by atoms with Gasteiger partial charge >= 0.3 is 5.97 Å². The van der Waals surface area contributed by atoms with Crippen molar-refractivity contribution in [2.75, 3.05) is 27.4 Å². The van der Waals surface area contributed by atoms with Crippen molar-refractivity contribution in [3.05, 3.63) is 46.3 Å². The predicted molar refractivity (Wildman–Crippen MR) is 147 cm³/mol. The molecule has 0 saturated heterocycles. The van der Waals surface area contributed by atoms with Crippen molar-refractivity contribution >= 4 is 39.1 Å². The van der Waals surface area contributed by atoms with Gasteiger partial charge in [0.1, 0.15) is 0 Å². The van der Waals surface area contributed by atoms with E-state index in [4.69, 9.17) is 24.1 Å². The van der Waals surface area contributed by atoms with Gasteiger partial charge in [-0.2, -0.15) is 0 Å². The van der Waals surface area contributed by atoms with Crippen molar-refractivity contribution in [3.63, 3.8) is 0 Å². The number of methoxy groups -OCH3 is 2. The van der Waals surface area contributed by atoms with Crippen LogP contribution >= 0.6 is 11.3 Å². The van der Waals surface area contributed by atoms with Crippen molar-refractivity contribution in [1.82, 2.24) is 4.90 Å². The molecule has 39 heavy (non-hydrogen) atoms. The maximum absolute atomic E-state index is 12.4. The molecule has 0 spiro atoms. The van der Waals surface area contributed by atoms with Crippen molar-refractivity contribution in [1.29, 1.82) is 0 Å². The third kappa shape index (κ3) is 6.81. The number of nitrogens with zero attached hydrogens (tertiary/aromatic N) is 1. The van der Waals surface area contributed by atoms with Gasteiger partial charge in [0.05, 0.1) is 38.7 Å². The summed E-state index contributed by atoms with van der Waals surface area (Å²) in [4.78, 5) is 37.8. The summed E-state index contributed by atoms with van der Waals surface area (Å²) in [5, 5.41) is 9.79. The van der Waals surface area contributed by atoms with Gasteiger partial charge in [-0.3, -0.25) is 14.4 Å². The Labute approximate surface area is 231 Å². The van der Waals surface area contributed by atoms with Crippen LogP contribution in [-0.4, -0.2) is 55.1 Å². The molecule has 0 bridgehead atoms. The molecule has 0 saturated carbocycles. The molecule has 1 N–H and O–H groups in total. The van der Waals surface area contributed by atoms with Crippen LogP contribution in [0.3, 0.4) is 0 Å². The lowest BCUT2D eigenvalue weighted by atomic mass is 10.1. The molecule has 4 rings (SSSR count). The monoisotopic (exact) mass is 555 g/mol. The molecular weight excluding hydrogens is 522 g/mol. The fourth-order valence-electron chi connectivity index (χ4n) is 4.46. The lowest BCUT2D eigenvalue weighted by Crippen LogP contribution is -2.25. The Bertz CT molecular complexity index is 1370. The average Bonchev–Trinajstić information content (AvgIpc) is 3.54. The van der Waals surface area contributed by atoms with E-state index in [-0.39, 0.29) is 24.5 Å². The molecule has 0 atom stereocenters. The predicted octanol–water partition coefficient (Wildman–Crippen LogP) is 5.46. The Morgan fingerprint density at radius 1 is 0.846 bits per heavy atom. The number of ether oxygens (including phenoxy) is 4. The highest BCUT2D eigenvalue weighted by molar-refractivity contribution is 7.20. The molecule has 0 aliphatic carbocycles. The van der Waals surface area contributed by atoms with E-state index in [0.29, 0.717) is 62.1 Å². The van der Waals surface area contributed by atoms with Gasteiger partial charge in [0.25, 0.3) is 0 Å². The van der Waals surface area contributed by atoms with Crippen molar-refractivity contribution in [2.24, 2.45) is 0 Å². The molecule has 3 aromatic rings. The number of carboxylic acid groups (broad SMARTS) is 1. The van der Waals surface area contributed by atoms with Gasteiger partial charge in [0.15, 0.2) is 28.8 Å². The molecule has 0 unspecified atom stereocenters. The highest BCUT2D eigenvalue weighted by atomic mass is 32.1. The zero-order chi connectivity index (χ0) is 27.9. The summed E-state index contributed by atoms with van der Waals surface area (Å²) in [6.45, 7) is 3.60. The van der Waals surface area contributed by atoms with Gasteiger partial charge < -0.3 is 29.0 Å². The molecular formula is C29H33NO8S. The minimum absolute atomic E-state index is 0.0217.